The molecule has 0 aliphatic carbocycles. The zero-order valence-corrected chi connectivity index (χ0v) is 20.3. The van der Waals surface area contributed by atoms with E-state index in [9.17, 15) is 9.59 Å². The summed E-state index contributed by atoms with van der Waals surface area (Å²) in [5.41, 5.74) is 2.37. The van der Waals surface area contributed by atoms with Crippen LogP contribution in [0.4, 0.5) is 0 Å². The minimum atomic E-state index is -0.567. The molecule has 0 saturated carbocycles. The molecule has 35 heavy (non-hydrogen) atoms. The SMILES string of the molecule is COc1ccc([C@@H]2c3c(oc4ccc(C)cc4c3=O)C(=O)N2CCCN2CCOCC2)cc1OC. The Hall–Kier alpha value is -3.36. The van der Waals surface area contributed by atoms with E-state index in [0.717, 1.165) is 50.4 Å². The maximum Gasteiger partial charge on any atom is 0.290 e. The van der Waals surface area contributed by atoms with Gasteiger partial charge in [0.05, 0.1) is 44.4 Å². The van der Waals surface area contributed by atoms with Crippen LogP contribution in [0.5, 0.6) is 11.5 Å². The molecule has 2 aliphatic heterocycles. The minimum Gasteiger partial charge on any atom is -0.493 e. The number of carbonyl (C=O) groups is 1. The molecule has 184 valence electrons. The van der Waals surface area contributed by atoms with Crippen molar-refractivity contribution in [3.8, 4) is 11.5 Å². The van der Waals surface area contributed by atoms with Crippen LogP contribution in [0.1, 0.15) is 39.7 Å². The summed E-state index contributed by atoms with van der Waals surface area (Å²) in [6, 6.07) is 10.4. The van der Waals surface area contributed by atoms with Gasteiger partial charge in [-0.2, -0.15) is 0 Å². The molecule has 3 heterocycles. The Balaban J connectivity index is 1.57. The highest BCUT2D eigenvalue weighted by molar-refractivity contribution is 5.99. The third-order valence-corrected chi connectivity index (χ3v) is 6.82. The second-order valence-electron chi connectivity index (χ2n) is 9.00. The predicted molar refractivity (Wildman–Crippen MR) is 132 cm³/mol. The first-order chi connectivity index (χ1) is 17.0. The van der Waals surface area contributed by atoms with Gasteiger partial charge in [-0.25, -0.2) is 0 Å². The lowest BCUT2D eigenvalue weighted by atomic mass is 9.97. The number of nitrogens with zero attached hydrogens (tertiary/aromatic N) is 2. The quantitative estimate of drug-likeness (QED) is 0.515. The average Bonchev–Trinajstić information content (AvgIpc) is 3.16. The summed E-state index contributed by atoms with van der Waals surface area (Å²) in [5, 5.41) is 0.484. The van der Waals surface area contributed by atoms with Crippen molar-refractivity contribution in [2.75, 3.05) is 53.6 Å². The van der Waals surface area contributed by atoms with E-state index in [1.54, 1.807) is 31.3 Å². The van der Waals surface area contributed by atoms with Gasteiger partial charge in [-0.15, -0.1) is 0 Å². The molecule has 1 atom stereocenters. The van der Waals surface area contributed by atoms with E-state index in [4.69, 9.17) is 18.6 Å². The standard InChI is InChI=1S/C27H30N2O6/c1-17-5-7-20-19(15-17)25(30)23-24(18-6-8-21(32-2)22(16-18)33-3)29(27(31)26(23)35-20)10-4-9-28-11-13-34-14-12-28/h5-8,15-16,24H,4,9-14H2,1-3H3/t24-/m1/s1. The summed E-state index contributed by atoms with van der Waals surface area (Å²) in [5.74, 6) is 0.986. The fraction of sp³-hybridized carbons (Fsp3) is 0.407. The Morgan fingerprint density at radius 3 is 2.49 bits per heavy atom. The summed E-state index contributed by atoms with van der Waals surface area (Å²) in [7, 11) is 3.15. The van der Waals surface area contributed by atoms with Crippen LogP contribution in [0.25, 0.3) is 11.0 Å². The van der Waals surface area contributed by atoms with Crippen LogP contribution >= 0.6 is 0 Å². The molecule has 0 N–H and O–H groups in total. The topological polar surface area (TPSA) is 81.5 Å². The normalized spacial score (nSPS) is 18.2. The molecule has 5 rings (SSSR count). The number of hydrogen-bond donors (Lipinski definition) is 0. The van der Waals surface area contributed by atoms with Crippen molar-refractivity contribution in [3.63, 3.8) is 0 Å². The highest BCUT2D eigenvalue weighted by atomic mass is 16.5. The summed E-state index contributed by atoms with van der Waals surface area (Å²) in [6.07, 6.45) is 0.774. The first-order valence-electron chi connectivity index (χ1n) is 11.9. The number of rotatable bonds is 7. The molecule has 0 bridgehead atoms. The molecule has 2 aliphatic rings. The predicted octanol–water partition coefficient (Wildman–Crippen LogP) is 3.39. The number of ether oxygens (including phenoxy) is 3. The maximum absolute atomic E-state index is 13.7. The van der Waals surface area contributed by atoms with Gasteiger partial charge in [-0.05, 0) is 43.2 Å². The molecule has 0 radical (unpaired) electrons. The van der Waals surface area contributed by atoms with Gasteiger partial charge in [0.1, 0.15) is 5.58 Å². The Morgan fingerprint density at radius 1 is 0.971 bits per heavy atom. The number of hydrogen-bond acceptors (Lipinski definition) is 7. The number of fused-ring (bicyclic) bond motifs is 2. The van der Waals surface area contributed by atoms with Gasteiger partial charge >= 0.3 is 0 Å². The molecule has 8 nitrogen and oxygen atoms in total. The molecule has 1 amide bonds. The van der Waals surface area contributed by atoms with Gasteiger partial charge in [0, 0.05) is 26.2 Å². The summed E-state index contributed by atoms with van der Waals surface area (Å²) >= 11 is 0. The van der Waals surface area contributed by atoms with Gasteiger partial charge in [0.25, 0.3) is 5.91 Å². The van der Waals surface area contributed by atoms with Crippen molar-refractivity contribution in [1.82, 2.24) is 9.80 Å². The first kappa shape index (κ1) is 23.4. The van der Waals surface area contributed by atoms with E-state index >= 15 is 0 Å². The maximum atomic E-state index is 13.7. The zero-order chi connectivity index (χ0) is 24.5. The van der Waals surface area contributed by atoms with Gasteiger partial charge < -0.3 is 23.5 Å². The zero-order valence-electron chi connectivity index (χ0n) is 20.3. The van der Waals surface area contributed by atoms with E-state index in [1.165, 1.54) is 0 Å². The van der Waals surface area contributed by atoms with Gasteiger partial charge in [-0.1, -0.05) is 17.7 Å². The molecular formula is C27H30N2O6. The number of methoxy groups -OCH3 is 2. The molecular weight excluding hydrogens is 448 g/mol. The molecule has 0 spiro atoms. The summed E-state index contributed by atoms with van der Waals surface area (Å²) in [4.78, 5) is 31.4. The Bertz CT molecular complexity index is 1310. The third kappa shape index (κ3) is 4.28. The number of carbonyl (C=O) groups excluding carboxylic acids is 1. The van der Waals surface area contributed by atoms with E-state index in [1.807, 2.05) is 31.2 Å². The van der Waals surface area contributed by atoms with E-state index in [0.29, 0.717) is 34.6 Å². The molecule has 3 aromatic rings. The molecule has 2 aromatic carbocycles. The van der Waals surface area contributed by atoms with Crippen molar-refractivity contribution in [2.45, 2.75) is 19.4 Å². The average molecular weight is 479 g/mol. The van der Waals surface area contributed by atoms with Crippen molar-refractivity contribution < 1.29 is 23.4 Å². The van der Waals surface area contributed by atoms with Gasteiger partial charge in [0.2, 0.25) is 5.76 Å². The first-order valence-corrected chi connectivity index (χ1v) is 11.9. The van der Waals surface area contributed by atoms with Crippen LogP contribution in [-0.4, -0.2) is 69.3 Å². The van der Waals surface area contributed by atoms with Gasteiger partial charge in [-0.3, -0.25) is 14.5 Å². The van der Waals surface area contributed by atoms with E-state index in [-0.39, 0.29) is 17.1 Å². The molecule has 1 fully saturated rings. The number of morpholine rings is 1. The highest BCUT2D eigenvalue weighted by Gasteiger charge is 2.42. The van der Waals surface area contributed by atoms with Crippen molar-refractivity contribution in [2.24, 2.45) is 0 Å². The monoisotopic (exact) mass is 478 g/mol. The van der Waals surface area contributed by atoms with Crippen molar-refractivity contribution in [3.05, 3.63) is 69.1 Å². The number of aryl methyl sites for hydroxylation is 1. The molecule has 0 unspecified atom stereocenters. The lowest BCUT2D eigenvalue weighted by Gasteiger charge is -2.29. The van der Waals surface area contributed by atoms with Crippen LogP contribution in [0, 0.1) is 6.92 Å². The van der Waals surface area contributed by atoms with Crippen molar-refractivity contribution in [1.29, 1.82) is 0 Å². The minimum absolute atomic E-state index is 0.123. The molecule has 1 aromatic heterocycles. The lowest BCUT2D eigenvalue weighted by molar-refractivity contribution is 0.0353. The summed E-state index contributed by atoms with van der Waals surface area (Å²) in [6.45, 7) is 6.51. The van der Waals surface area contributed by atoms with Crippen molar-refractivity contribution >= 4 is 16.9 Å². The fourth-order valence-electron chi connectivity index (χ4n) is 5.02. The number of benzene rings is 2. The Labute approximate surface area is 204 Å². The van der Waals surface area contributed by atoms with Crippen LogP contribution < -0.4 is 14.9 Å². The second-order valence-corrected chi connectivity index (χ2v) is 9.00. The molecule has 1 saturated heterocycles. The summed E-state index contributed by atoms with van der Waals surface area (Å²) < 4.78 is 22.4. The molecule has 8 heteroatoms. The Morgan fingerprint density at radius 2 is 1.74 bits per heavy atom. The fourth-order valence-corrected chi connectivity index (χ4v) is 5.02. The smallest absolute Gasteiger partial charge is 0.290 e. The van der Waals surface area contributed by atoms with Crippen LogP contribution in [-0.2, 0) is 4.74 Å². The van der Waals surface area contributed by atoms with Crippen LogP contribution in [0.2, 0.25) is 0 Å². The van der Waals surface area contributed by atoms with E-state index < -0.39 is 6.04 Å². The van der Waals surface area contributed by atoms with Gasteiger partial charge in [0.15, 0.2) is 16.9 Å². The second kappa shape index (κ2) is 9.71. The largest absolute Gasteiger partial charge is 0.493 e. The third-order valence-electron chi connectivity index (χ3n) is 6.82. The van der Waals surface area contributed by atoms with Crippen LogP contribution in [0.15, 0.2) is 45.6 Å². The highest BCUT2D eigenvalue weighted by Crippen LogP contribution is 2.41. The Kier molecular flexibility index (Phi) is 6.49. The van der Waals surface area contributed by atoms with E-state index in [2.05, 4.69) is 4.90 Å². The lowest BCUT2D eigenvalue weighted by Crippen LogP contribution is -2.38. The van der Waals surface area contributed by atoms with Crippen LogP contribution in [0.3, 0.4) is 0 Å². The number of amides is 1.